The van der Waals surface area contributed by atoms with Gasteiger partial charge in [0.15, 0.2) is 0 Å². The fourth-order valence-corrected chi connectivity index (χ4v) is 2.19. The molecule has 1 aromatic carbocycles. The van der Waals surface area contributed by atoms with Crippen LogP contribution in [0, 0.1) is 0 Å². The summed E-state index contributed by atoms with van der Waals surface area (Å²) in [4.78, 5) is 19.5. The SMILES string of the molecule is CC(C)(C)OC(=O)c1cc2c(cn1)[nH]c1ccccc12. The van der Waals surface area contributed by atoms with Crippen molar-refractivity contribution < 1.29 is 9.53 Å². The molecule has 2 heterocycles. The van der Waals surface area contributed by atoms with Crippen LogP contribution in [0.2, 0.25) is 0 Å². The third-order valence-corrected chi connectivity index (χ3v) is 3.00. The van der Waals surface area contributed by atoms with E-state index in [1.54, 1.807) is 12.3 Å². The highest BCUT2D eigenvalue weighted by atomic mass is 16.6. The lowest BCUT2D eigenvalue weighted by Gasteiger charge is -2.18. The van der Waals surface area contributed by atoms with Crippen LogP contribution >= 0.6 is 0 Å². The zero-order valence-electron chi connectivity index (χ0n) is 11.7. The molecule has 102 valence electrons. The molecule has 0 aliphatic rings. The third kappa shape index (κ3) is 2.25. The summed E-state index contributed by atoms with van der Waals surface area (Å²) >= 11 is 0. The van der Waals surface area contributed by atoms with Gasteiger partial charge in [0, 0.05) is 16.3 Å². The molecule has 3 aromatic rings. The monoisotopic (exact) mass is 268 g/mol. The summed E-state index contributed by atoms with van der Waals surface area (Å²) < 4.78 is 5.35. The van der Waals surface area contributed by atoms with Gasteiger partial charge in [-0.3, -0.25) is 0 Å². The number of hydrogen-bond donors (Lipinski definition) is 1. The summed E-state index contributed by atoms with van der Waals surface area (Å²) in [5.74, 6) is -0.398. The van der Waals surface area contributed by atoms with Crippen LogP contribution in [0.1, 0.15) is 31.3 Å². The van der Waals surface area contributed by atoms with Crippen molar-refractivity contribution in [2.75, 3.05) is 0 Å². The minimum atomic E-state index is -0.520. The maximum Gasteiger partial charge on any atom is 0.357 e. The number of H-pyrrole nitrogens is 1. The van der Waals surface area contributed by atoms with Crippen LogP contribution in [0.15, 0.2) is 36.5 Å². The van der Waals surface area contributed by atoms with E-state index in [2.05, 4.69) is 9.97 Å². The van der Waals surface area contributed by atoms with Gasteiger partial charge in [-0.15, -0.1) is 0 Å². The molecule has 0 aliphatic carbocycles. The highest BCUT2D eigenvalue weighted by Gasteiger charge is 2.19. The first kappa shape index (κ1) is 12.7. The fourth-order valence-electron chi connectivity index (χ4n) is 2.19. The highest BCUT2D eigenvalue weighted by Crippen LogP contribution is 2.25. The highest BCUT2D eigenvalue weighted by molar-refractivity contribution is 6.08. The number of nitrogens with one attached hydrogen (secondary N) is 1. The van der Waals surface area contributed by atoms with E-state index in [-0.39, 0.29) is 0 Å². The average Bonchev–Trinajstić information content (AvgIpc) is 2.74. The lowest BCUT2D eigenvalue weighted by Crippen LogP contribution is -2.24. The molecule has 0 aliphatic heterocycles. The van der Waals surface area contributed by atoms with Crippen LogP contribution in [0.25, 0.3) is 21.8 Å². The van der Waals surface area contributed by atoms with Gasteiger partial charge in [-0.1, -0.05) is 18.2 Å². The zero-order chi connectivity index (χ0) is 14.3. The van der Waals surface area contributed by atoms with Gasteiger partial charge < -0.3 is 9.72 Å². The molecule has 1 N–H and O–H groups in total. The summed E-state index contributed by atoms with van der Waals surface area (Å²) in [5, 5.41) is 2.06. The summed E-state index contributed by atoms with van der Waals surface area (Å²) in [6.45, 7) is 5.53. The lowest BCUT2D eigenvalue weighted by molar-refractivity contribution is 0.00631. The molecule has 0 spiro atoms. The molecule has 4 nitrogen and oxygen atoms in total. The number of para-hydroxylation sites is 1. The molecular weight excluding hydrogens is 252 g/mol. The maximum absolute atomic E-state index is 12.1. The standard InChI is InChI=1S/C16H16N2O2/c1-16(2,3)20-15(19)13-8-11-10-6-4-5-7-12(10)18-14(11)9-17-13/h4-9,18H,1-3H3. The largest absolute Gasteiger partial charge is 0.455 e. The molecule has 0 amide bonds. The number of carbonyl (C=O) groups excluding carboxylic acids is 1. The van der Waals surface area contributed by atoms with Crippen molar-refractivity contribution in [2.24, 2.45) is 0 Å². The predicted octanol–water partition coefficient (Wildman–Crippen LogP) is 3.67. The van der Waals surface area contributed by atoms with E-state index in [4.69, 9.17) is 4.74 Å². The number of fused-ring (bicyclic) bond motifs is 3. The molecule has 20 heavy (non-hydrogen) atoms. The van der Waals surface area contributed by atoms with E-state index in [0.29, 0.717) is 5.69 Å². The Labute approximate surface area is 116 Å². The van der Waals surface area contributed by atoms with Crippen LogP contribution in [-0.2, 0) is 4.74 Å². The van der Waals surface area contributed by atoms with Crippen LogP contribution in [0.4, 0.5) is 0 Å². The number of pyridine rings is 1. The van der Waals surface area contributed by atoms with Gasteiger partial charge in [0.2, 0.25) is 0 Å². The Morgan fingerprint density at radius 3 is 2.65 bits per heavy atom. The second kappa shape index (κ2) is 4.34. The summed E-state index contributed by atoms with van der Waals surface area (Å²) in [7, 11) is 0. The van der Waals surface area contributed by atoms with Crippen LogP contribution in [0.3, 0.4) is 0 Å². The van der Waals surface area contributed by atoms with Gasteiger partial charge in [-0.2, -0.15) is 0 Å². The molecular formula is C16H16N2O2. The molecule has 0 unspecified atom stereocenters. The lowest BCUT2D eigenvalue weighted by atomic mass is 10.1. The first-order valence-corrected chi connectivity index (χ1v) is 6.54. The summed E-state index contributed by atoms with van der Waals surface area (Å²) in [6, 6.07) is 9.75. The Bertz CT molecular complexity index is 797. The molecule has 0 atom stereocenters. The molecule has 0 fully saturated rings. The zero-order valence-corrected chi connectivity index (χ0v) is 11.7. The summed E-state index contributed by atoms with van der Waals surface area (Å²) in [5.41, 5.74) is 1.76. The average molecular weight is 268 g/mol. The molecule has 2 aromatic heterocycles. The predicted molar refractivity (Wildman–Crippen MR) is 78.8 cm³/mol. The summed E-state index contributed by atoms with van der Waals surface area (Å²) in [6.07, 6.45) is 1.68. The number of ether oxygens (including phenoxy) is 1. The fraction of sp³-hybridized carbons (Fsp3) is 0.250. The molecule has 4 heteroatoms. The van der Waals surface area contributed by atoms with Gasteiger partial charge in [-0.25, -0.2) is 9.78 Å². The number of benzene rings is 1. The van der Waals surface area contributed by atoms with Crippen molar-refractivity contribution in [3.05, 3.63) is 42.2 Å². The van der Waals surface area contributed by atoms with Crippen LogP contribution in [-0.4, -0.2) is 21.5 Å². The quantitative estimate of drug-likeness (QED) is 0.685. The first-order valence-electron chi connectivity index (χ1n) is 6.54. The minimum Gasteiger partial charge on any atom is -0.455 e. The third-order valence-electron chi connectivity index (χ3n) is 3.00. The second-order valence-corrected chi connectivity index (χ2v) is 5.79. The van der Waals surface area contributed by atoms with Crippen LogP contribution < -0.4 is 0 Å². The molecule has 0 bridgehead atoms. The Hall–Kier alpha value is -2.36. The maximum atomic E-state index is 12.1. The van der Waals surface area contributed by atoms with Crippen LogP contribution in [0.5, 0.6) is 0 Å². The van der Waals surface area contributed by atoms with E-state index < -0.39 is 11.6 Å². The second-order valence-electron chi connectivity index (χ2n) is 5.79. The first-order chi connectivity index (χ1) is 9.44. The van der Waals surface area contributed by atoms with Gasteiger partial charge in [0.1, 0.15) is 11.3 Å². The van der Waals surface area contributed by atoms with E-state index in [1.165, 1.54) is 0 Å². The van der Waals surface area contributed by atoms with Gasteiger partial charge in [-0.05, 0) is 32.9 Å². The van der Waals surface area contributed by atoms with Gasteiger partial charge >= 0.3 is 5.97 Å². The normalized spacial score (nSPS) is 11.9. The van der Waals surface area contributed by atoms with E-state index >= 15 is 0 Å². The Balaban J connectivity index is 2.10. The van der Waals surface area contributed by atoms with Crippen molar-refractivity contribution in [2.45, 2.75) is 26.4 Å². The molecule has 0 saturated heterocycles. The van der Waals surface area contributed by atoms with Gasteiger partial charge in [0.25, 0.3) is 0 Å². The van der Waals surface area contributed by atoms with E-state index in [1.807, 2.05) is 45.0 Å². The number of rotatable bonds is 1. The molecule has 3 rings (SSSR count). The Morgan fingerprint density at radius 2 is 1.90 bits per heavy atom. The van der Waals surface area contributed by atoms with Crippen molar-refractivity contribution >= 4 is 27.8 Å². The number of esters is 1. The van der Waals surface area contributed by atoms with Crippen molar-refractivity contribution in [3.63, 3.8) is 0 Å². The minimum absolute atomic E-state index is 0.331. The van der Waals surface area contributed by atoms with Crippen molar-refractivity contribution in [1.82, 2.24) is 9.97 Å². The van der Waals surface area contributed by atoms with E-state index in [0.717, 1.165) is 21.8 Å². The Kier molecular flexibility index (Phi) is 2.74. The number of hydrogen-bond acceptors (Lipinski definition) is 3. The smallest absolute Gasteiger partial charge is 0.357 e. The van der Waals surface area contributed by atoms with Gasteiger partial charge in [0.05, 0.1) is 11.7 Å². The number of aromatic amines is 1. The number of aromatic nitrogens is 2. The van der Waals surface area contributed by atoms with Crippen molar-refractivity contribution in [3.8, 4) is 0 Å². The Morgan fingerprint density at radius 1 is 1.15 bits per heavy atom. The molecule has 0 radical (unpaired) electrons. The topological polar surface area (TPSA) is 55.0 Å². The van der Waals surface area contributed by atoms with Crippen molar-refractivity contribution in [1.29, 1.82) is 0 Å². The van der Waals surface area contributed by atoms with E-state index in [9.17, 15) is 4.79 Å². The number of carbonyl (C=O) groups is 1. The molecule has 0 saturated carbocycles. The number of nitrogens with zero attached hydrogens (tertiary/aromatic N) is 1.